The van der Waals surface area contributed by atoms with Crippen molar-refractivity contribution in [1.29, 1.82) is 0 Å². The largest absolute Gasteiger partial charge is 0.493 e. The monoisotopic (exact) mass is 430 g/mol. The summed E-state index contributed by atoms with van der Waals surface area (Å²) in [4.78, 5) is 25.6. The lowest BCUT2D eigenvalue weighted by molar-refractivity contribution is -0.127. The maximum Gasteiger partial charge on any atom is 0.274 e. The molecule has 32 heavy (non-hydrogen) atoms. The van der Waals surface area contributed by atoms with Gasteiger partial charge in [0.15, 0.2) is 0 Å². The highest BCUT2D eigenvalue weighted by Gasteiger charge is 2.21. The van der Waals surface area contributed by atoms with Crippen LogP contribution >= 0.6 is 0 Å². The van der Waals surface area contributed by atoms with Gasteiger partial charge in [-0.3, -0.25) is 14.8 Å². The lowest BCUT2D eigenvalue weighted by atomic mass is 10.1. The van der Waals surface area contributed by atoms with Crippen molar-refractivity contribution >= 4 is 28.7 Å². The maximum absolute atomic E-state index is 12.2. The molecular formula is C26H26N2O4. The summed E-state index contributed by atoms with van der Waals surface area (Å²) in [5.41, 5.74) is 4.02. The summed E-state index contributed by atoms with van der Waals surface area (Å²) in [7, 11) is 0. The zero-order valence-electron chi connectivity index (χ0n) is 17.8. The molecule has 0 atom stereocenters. The number of carbonyl (C=O) groups excluding carboxylic acids is 2. The molecule has 6 nitrogen and oxygen atoms in total. The molecule has 0 bridgehead atoms. The Balaban J connectivity index is 1.49. The normalized spacial score (nSPS) is 14.1. The number of rotatable bonds is 8. The number of hydrogen-bond donors (Lipinski definition) is 2. The molecule has 3 aromatic rings. The average Bonchev–Trinajstić information content (AvgIpc) is 3.23. The van der Waals surface area contributed by atoms with Gasteiger partial charge in [-0.2, -0.15) is 0 Å². The van der Waals surface area contributed by atoms with Crippen LogP contribution in [0.3, 0.4) is 0 Å². The minimum absolute atomic E-state index is 0.181. The Kier molecular flexibility index (Phi) is 6.82. The second kappa shape index (κ2) is 10.1. The van der Waals surface area contributed by atoms with Crippen molar-refractivity contribution in [3.63, 3.8) is 0 Å². The van der Waals surface area contributed by atoms with Crippen LogP contribution in [0.1, 0.15) is 35.2 Å². The first-order valence-electron chi connectivity index (χ1n) is 10.8. The summed E-state index contributed by atoms with van der Waals surface area (Å²) in [6.07, 6.45) is 4.21. The van der Waals surface area contributed by atoms with Crippen molar-refractivity contribution in [2.75, 3.05) is 19.7 Å². The minimum Gasteiger partial charge on any atom is -0.493 e. The van der Waals surface area contributed by atoms with E-state index in [-0.39, 0.29) is 5.91 Å². The highest BCUT2D eigenvalue weighted by Crippen LogP contribution is 2.26. The van der Waals surface area contributed by atoms with E-state index in [1.807, 2.05) is 47.4 Å². The summed E-state index contributed by atoms with van der Waals surface area (Å²) in [5.74, 6) is 0.479. The Labute approximate surface area is 187 Å². The van der Waals surface area contributed by atoms with E-state index in [2.05, 4.69) is 18.2 Å². The second-order valence-corrected chi connectivity index (χ2v) is 7.86. The molecule has 2 N–H and O–H groups in total. The van der Waals surface area contributed by atoms with Crippen LogP contribution in [0, 0.1) is 0 Å². The number of hydroxylamine groups is 1. The zero-order chi connectivity index (χ0) is 22.3. The SMILES string of the molecule is O=C(NO)c1ccc(/C=C(/CCOc2cccc3ccccc23)CN2CCCC2=O)cc1. The Hall–Kier alpha value is -3.64. The van der Waals surface area contributed by atoms with Gasteiger partial charge in [0.05, 0.1) is 6.61 Å². The fourth-order valence-electron chi connectivity index (χ4n) is 3.96. The lowest BCUT2D eigenvalue weighted by Crippen LogP contribution is -2.27. The van der Waals surface area contributed by atoms with Crippen molar-refractivity contribution in [2.24, 2.45) is 0 Å². The molecule has 0 unspecified atom stereocenters. The predicted molar refractivity (Wildman–Crippen MR) is 124 cm³/mol. The molecule has 0 saturated carbocycles. The molecule has 6 heteroatoms. The molecule has 1 aliphatic rings. The Morgan fingerprint density at radius 3 is 2.59 bits per heavy atom. The molecule has 3 aromatic carbocycles. The number of benzene rings is 3. The standard InChI is InChI=1S/C26H26N2O4/c29-25-9-4-15-28(25)18-20(17-19-10-12-22(13-11-19)26(30)27-31)14-16-32-24-8-3-6-21-5-1-2-7-23(21)24/h1-3,5-8,10-13,17,31H,4,9,14-16,18H2,(H,27,30)/b20-17-. The van der Waals surface area contributed by atoms with Crippen LogP contribution in [-0.2, 0) is 4.79 Å². The molecular weight excluding hydrogens is 404 g/mol. The van der Waals surface area contributed by atoms with Crippen LogP contribution in [0.4, 0.5) is 0 Å². The number of hydrogen-bond acceptors (Lipinski definition) is 4. The van der Waals surface area contributed by atoms with Crippen molar-refractivity contribution < 1.29 is 19.5 Å². The molecule has 0 spiro atoms. The van der Waals surface area contributed by atoms with Gasteiger partial charge >= 0.3 is 0 Å². The van der Waals surface area contributed by atoms with Crippen LogP contribution in [0.5, 0.6) is 5.75 Å². The van der Waals surface area contributed by atoms with Crippen LogP contribution in [-0.4, -0.2) is 41.6 Å². The number of fused-ring (bicyclic) bond motifs is 1. The smallest absolute Gasteiger partial charge is 0.274 e. The number of likely N-dealkylation sites (tertiary alicyclic amines) is 1. The molecule has 0 aromatic heterocycles. The molecule has 0 radical (unpaired) electrons. The highest BCUT2D eigenvalue weighted by molar-refractivity contribution is 5.93. The van der Waals surface area contributed by atoms with Crippen molar-refractivity contribution in [3.8, 4) is 5.75 Å². The van der Waals surface area contributed by atoms with E-state index in [0.717, 1.165) is 40.6 Å². The number of ether oxygens (including phenoxy) is 1. The van der Waals surface area contributed by atoms with Gasteiger partial charge in [0, 0.05) is 36.9 Å². The quantitative estimate of drug-likeness (QED) is 0.409. The van der Waals surface area contributed by atoms with Crippen molar-refractivity contribution in [2.45, 2.75) is 19.3 Å². The van der Waals surface area contributed by atoms with Gasteiger partial charge in [-0.15, -0.1) is 0 Å². The fraction of sp³-hybridized carbons (Fsp3) is 0.231. The molecule has 2 amide bonds. The topological polar surface area (TPSA) is 78.9 Å². The van der Waals surface area contributed by atoms with E-state index in [1.54, 1.807) is 17.6 Å². The maximum atomic E-state index is 12.2. The molecule has 1 saturated heterocycles. The average molecular weight is 431 g/mol. The van der Waals surface area contributed by atoms with Crippen molar-refractivity contribution in [3.05, 3.63) is 83.4 Å². The van der Waals surface area contributed by atoms with E-state index in [1.165, 1.54) is 0 Å². The number of nitrogens with one attached hydrogen (secondary N) is 1. The van der Waals surface area contributed by atoms with Gasteiger partial charge in [0.2, 0.25) is 5.91 Å². The molecule has 1 aliphatic heterocycles. The van der Waals surface area contributed by atoms with E-state index in [0.29, 0.717) is 31.6 Å². The van der Waals surface area contributed by atoms with Gasteiger partial charge in [-0.05, 0) is 41.1 Å². The Morgan fingerprint density at radius 1 is 1.06 bits per heavy atom. The molecule has 0 aliphatic carbocycles. The second-order valence-electron chi connectivity index (χ2n) is 7.86. The Morgan fingerprint density at radius 2 is 1.84 bits per heavy atom. The summed E-state index contributed by atoms with van der Waals surface area (Å²) in [6.45, 7) is 1.83. The van der Waals surface area contributed by atoms with Gasteiger partial charge in [0.1, 0.15) is 5.75 Å². The third kappa shape index (κ3) is 5.15. The first-order chi connectivity index (χ1) is 15.6. The summed E-state index contributed by atoms with van der Waals surface area (Å²) >= 11 is 0. The molecule has 1 heterocycles. The van der Waals surface area contributed by atoms with Crippen LogP contribution in [0.2, 0.25) is 0 Å². The number of carbonyl (C=O) groups is 2. The van der Waals surface area contributed by atoms with Gasteiger partial charge in [-0.1, -0.05) is 54.6 Å². The summed E-state index contributed by atoms with van der Waals surface area (Å²) in [5, 5.41) is 11.0. The first-order valence-corrected chi connectivity index (χ1v) is 10.8. The van der Waals surface area contributed by atoms with E-state index >= 15 is 0 Å². The van der Waals surface area contributed by atoms with Crippen molar-refractivity contribution in [1.82, 2.24) is 10.4 Å². The van der Waals surface area contributed by atoms with E-state index in [4.69, 9.17) is 9.94 Å². The van der Waals surface area contributed by atoms with Crippen LogP contribution in [0.15, 0.2) is 72.3 Å². The summed E-state index contributed by atoms with van der Waals surface area (Å²) < 4.78 is 6.12. The molecule has 4 rings (SSSR count). The minimum atomic E-state index is -0.549. The zero-order valence-corrected chi connectivity index (χ0v) is 17.8. The lowest BCUT2D eigenvalue weighted by Gasteiger charge is -2.19. The van der Waals surface area contributed by atoms with E-state index in [9.17, 15) is 9.59 Å². The number of nitrogens with zero attached hydrogens (tertiary/aromatic N) is 1. The van der Waals surface area contributed by atoms with Gasteiger partial charge < -0.3 is 9.64 Å². The number of amides is 2. The Bertz CT molecular complexity index is 1130. The highest BCUT2D eigenvalue weighted by atomic mass is 16.5. The van der Waals surface area contributed by atoms with Crippen LogP contribution < -0.4 is 10.2 Å². The molecule has 164 valence electrons. The van der Waals surface area contributed by atoms with Gasteiger partial charge in [0.25, 0.3) is 5.91 Å². The fourth-order valence-corrected chi connectivity index (χ4v) is 3.96. The third-order valence-electron chi connectivity index (χ3n) is 5.64. The first kappa shape index (κ1) is 21.6. The third-order valence-corrected chi connectivity index (χ3v) is 5.64. The predicted octanol–water partition coefficient (Wildman–Crippen LogP) is 4.43. The van der Waals surface area contributed by atoms with E-state index < -0.39 is 5.91 Å². The summed E-state index contributed by atoms with van der Waals surface area (Å²) in [6, 6.07) is 21.1. The van der Waals surface area contributed by atoms with Crippen LogP contribution in [0.25, 0.3) is 16.8 Å². The van der Waals surface area contributed by atoms with Gasteiger partial charge in [-0.25, -0.2) is 5.48 Å². The molecule has 1 fully saturated rings.